The van der Waals surface area contributed by atoms with Crippen LogP contribution in [0.2, 0.25) is 10.0 Å². The molecule has 6 nitrogen and oxygen atoms in total. The highest BCUT2D eigenvalue weighted by atomic mass is 35.5. The van der Waals surface area contributed by atoms with Crippen LogP contribution in [-0.4, -0.2) is 31.1 Å². The molecule has 2 aromatic heterocycles. The standard InChI is InChI=1S/C17H13Cl2N5O/c1-2-23-14(5-6-20-23)11-8-21-24-9-15(25)16(22-17(11)24)10-3-4-12(18)13(19)7-10/h3-8H,2,9H2,1H3. The minimum Gasteiger partial charge on any atom is -0.290 e. The Balaban J connectivity index is 1.85. The molecular weight excluding hydrogens is 361 g/mol. The molecule has 3 heterocycles. The third-order valence-corrected chi connectivity index (χ3v) is 4.81. The number of aliphatic imine (C=N–C) groups is 1. The van der Waals surface area contributed by atoms with E-state index in [2.05, 4.69) is 15.2 Å². The highest BCUT2D eigenvalue weighted by molar-refractivity contribution is 6.48. The van der Waals surface area contributed by atoms with Crippen molar-refractivity contribution in [3.63, 3.8) is 0 Å². The molecule has 0 fully saturated rings. The normalized spacial score (nSPS) is 13.7. The lowest BCUT2D eigenvalue weighted by molar-refractivity contribution is -0.113. The lowest BCUT2D eigenvalue weighted by atomic mass is 10.0. The first-order valence-corrected chi connectivity index (χ1v) is 8.49. The van der Waals surface area contributed by atoms with Crippen molar-refractivity contribution in [2.24, 2.45) is 4.99 Å². The van der Waals surface area contributed by atoms with Crippen molar-refractivity contribution in [1.82, 2.24) is 19.6 Å². The van der Waals surface area contributed by atoms with Gasteiger partial charge >= 0.3 is 0 Å². The first-order valence-electron chi connectivity index (χ1n) is 7.73. The first-order chi connectivity index (χ1) is 12.1. The number of ketones is 1. The van der Waals surface area contributed by atoms with Gasteiger partial charge in [0.15, 0.2) is 5.82 Å². The number of aryl methyl sites for hydroxylation is 1. The van der Waals surface area contributed by atoms with E-state index in [9.17, 15) is 4.79 Å². The molecule has 0 saturated heterocycles. The van der Waals surface area contributed by atoms with Gasteiger partial charge in [-0.3, -0.25) is 9.48 Å². The van der Waals surface area contributed by atoms with E-state index in [0.717, 1.165) is 17.8 Å². The predicted molar refractivity (Wildman–Crippen MR) is 96.8 cm³/mol. The number of hydrogen-bond donors (Lipinski definition) is 0. The molecule has 0 spiro atoms. The van der Waals surface area contributed by atoms with Crippen LogP contribution < -0.4 is 0 Å². The maximum Gasteiger partial charge on any atom is 0.203 e. The molecule has 0 saturated carbocycles. The summed E-state index contributed by atoms with van der Waals surface area (Å²) in [6, 6.07) is 6.97. The van der Waals surface area contributed by atoms with Gasteiger partial charge in [0.1, 0.15) is 12.3 Å². The summed E-state index contributed by atoms with van der Waals surface area (Å²) in [6.07, 6.45) is 3.45. The summed E-state index contributed by atoms with van der Waals surface area (Å²) in [5, 5.41) is 9.41. The van der Waals surface area contributed by atoms with Crippen LogP contribution in [0.4, 0.5) is 5.82 Å². The summed E-state index contributed by atoms with van der Waals surface area (Å²) < 4.78 is 3.47. The first kappa shape index (κ1) is 16.1. The number of benzene rings is 1. The van der Waals surface area contributed by atoms with E-state index in [1.54, 1.807) is 35.3 Å². The molecule has 0 radical (unpaired) electrons. The Hall–Kier alpha value is -2.44. The van der Waals surface area contributed by atoms with Gasteiger partial charge in [0.05, 0.1) is 27.5 Å². The van der Waals surface area contributed by atoms with Crippen molar-refractivity contribution in [2.75, 3.05) is 0 Å². The number of hydrogen-bond acceptors (Lipinski definition) is 4. The van der Waals surface area contributed by atoms with Crippen LogP contribution in [0.3, 0.4) is 0 Å². The van der Waals surface area contributed by atoms with Crippen molar-refractivity contribution >= 4 is 40.5 Å². The van der Waals surface area contributed by atoms with Gasteiger partial charge in [0.2, 0.25) is 5.78 Å². The zero-order valence-electron chi connectivity index (χ0n) is 13.3. The summed E-state index contributed by atoms with van der Waals surface area (Å²) in [7, 11) is 0. The Morgan fingerprint density at radius 1 is 1.16 bits per heavy atom. The number of carbonyl (C=O) groups excluding carboxylic acids is 1. The Labute approximate surface area is 153 Å². The molecule has 1 aliphatic rings. The lowest BCUT2D eigenvalue weighted by Crippen LogP contribution is -2.25. The molecule has 0 aliphatic carbocycles. The molecule has 1 aliphatic heterocycles. The van der Waals surface area contributed by atoms with E-state index in [1.165, 1.54) is 0 Å². The summed E-state index contributed by atoms with van der Waals surface area (Å²) in [5.41, 5.74) is 2.75. The summed E-state index contributed by atoms with van der Waals surface area (Å²) in [4.78, 5) is 17.1. The quantitative estimate of drug-likeness (QED) is 0.701. The molecule has 0 N–H and O–H groups in total. The zero-order valence-corrected chi connectivity index (χ0v) is 14.8. The second-order valence-electron chi connectivity index (χ2n) is 5.58. The average Bonchev–Trinajstić information content (AvgIpc) is 3.22. The maximum atomic E-state index is 12.5. The maximum absolute atomic E-state index is 12.5. The van der Waals surface area contributed by atoms with Crippen LogP contribution >= 0.6 is 23.2 Å². The molecule has 0 atom stereocenters. The number of aromatic nitrogens is 4. The van der Waals surface area contributed by atoms with Crippen LogP contribution in [-0.2, 0) is 17.9 Å². The molecular formula is C17H13Cl2N5O. The second-order valence-corrected chi connectivity index (χ2v) is 6.40. The topological polar surface area (TPSA) is 65.1 Å². The summed E-state index contributed by atoms with van der Waals surface area (Å²) in [5.74, 6) is 0.514. The smallest absolute Gasteiger partial charge is 0.203 e. The van der Waals surface area contributed by atoms with Crippen molar-refractivity contribution < 1.29 is 4.79 Å². The largest absolute Gasteiger partial charge is 0.290 e. The molecule has 8 heteroatoms. The van der Waals surface area contributed by atoms with Crippen molar-refractivity contribution in [1.29, 1.82) is 0 Å². The van der Waals surface area contributed by atoms with Crippen LogP contribution in [0, 0.1) is 0 Å². The van der Waals surface area contributed by atoms with Crippen molar-refractivity contribution in [2.45, 2.75) is 20.0 Å². The van der Waals surface area contributed by atoms with Crippen LogP contribution in [0.25, 0.3) is 11.3 Å². The van der Waals surface area contributed by atoms with Crippen LogP contribution in [0.15, 0.2) is 41.7 Å². The number of carbonyl (C=O) groups is 1. The fourth-order valence-corrected chi connectivity index (χ4v) is 3.15. The number of fused-ring (bicyclic) bond motifs is 1. The Kier molecular flexibility index (Phi) is 3.94. The van der Waals surface area contributed by atoms with Crippen LogP contribution in [0.5, 0.6) is 0 Å². The monoisotopic (exact) mass is 373 g/mol. The third kappa shape index (κ3) is 2.67. The predicted octanol–water partition coefficient (Wildman–Crippen LogP) is 3.78. The van der Waals surface area contributed by atoms with Crippen molar-refractivity contribution in [3.8, 4) is 11.3 Å². The van der Waals surface area contributed by atoms with Gasteiger partial charge in [-0.25, -0.2) is 9.67 Å². The van der Waals surface area contributed by atoms with Gasteiger partial charge in [0.25, 0.3) is 0 Å². The van der Waals surface area contributed by atoms with Gasteiger partial charge in [-0.2, -0.15) is 10.2 Å². The third-order valence-electron chi connectivity index (χ3n) is 4.07. The minimum absolute atomic E-state index is 0.121. The Morgan fingerprint density at radius 3 is 2.76 bits per heavy atom. The summed E-state index contributed by atoms with van der Waals surface area (Å²) >= 11 is 12.0. The van der Waals surface area contributed by atoms with Gasteiger partial charge in [-0.15, -0.1) is 0 Å². The average molecular weight is 374 g/mol. The van der Waals surface area contributed by atoms with E-state index in [0.29, 0.717) is 27.1 Å². The molecule has 3 aromatic rings. The molecule has 1 aromatic carbocycles. The van der Waals surface area contributed by atoms with E-state index in [-0.39, 0.29) is 12.3 Å². The molecule has 126 valence electrons. The van der Waals surface area contributed by atoms with E-state index < -0.39 is 0 Å². The Morgan fingerprint density at radius 2 is 2.00 bits per heavy atom. The number of Topliss-reactive ketones (excluding diaryl/α,β-unsaturated/α-hetero) is 1. The molecule has 25 heavy (non-hydrogen) atoms. The number of rotatable bonds is 3. The number of nitrogens with zero attached hydrogens (tertiary/aromatic N) is 5. The van der Waals surface area contributed by atoms with E-state index in [4.69, 9.17) is 23.2 Å². The SMILES string of the molecule is CCn1nccc1-c1cnn2c1N=C(c1ccc(Cl)c(Cl)c1)C(=O)C2. The van der Waals surface area contributed by atoms with Gasteiger partial charge < -0.3 is 0 Å². The van der Waals surface area contributed by atoms with Crippen LogP contribution in [0.1, 0.15) is 12.5 Å². The zero-order chi connectivity index (χ0) is 17.6. The molecule has 4 rings (SSSR count). The van der Waals surface area contributed by atoms with Crippen molar-refractivity contribution in [3.05, 3.63) is 52.3 Å². The molecule has 0 unspecified atom stereocenters. The minimum atomic E-state index is -0.121. The molecule has 0 amide bonds. The van der Waals surface area contributed by atoms with Gasteiger partial charge in [-0.1, -0.05) is 29.3 Å². The molecule has 0 bridgehead atoms. The number of halogens is 2. The highest BCUT2D eigenvalue weighted by Gasteiger charge is 2.26. The fourth-order valence-electron chi connectivity index (χ4n) is 2.85. The van der Waals surface area contributed by atoms with Gasteiger partial charge in [-0.05, 0) is 25.1 Å². The summed E-state index contributed by atoms with van der Waals surface area (Å²) in [6.45, 7) is 2.88. The Bertz CT molecular complexity index is 1020. The fraction of sp³-hybridized carbons (Fsp3) is 0.176. The lowest BCUT2D eigenvalue weighted by Gasteiger charge is -2.15. The van der Waals surface area contributed by atoms with Gasteiger partial charge in [0, 0.05) is 18.3 Å². The van der Waals surface area contributed by atoms with E-state index >= 15 is 0 Å². The highest BCUT2D eigenvalue weighted by Crippen LogP contribution is 2.33. The second kappa shape index (κ2) is 6.13. The van der Waals surface area contributed by atoms with E-state index in [1.807, 2.05) is 17.7 Å².